The van der Waals surface area contributed by atoms with Crippen molar-refractivity contribution in [1.82, 2.24) is 14.5 Å². The van der Waals surface area contributed by atoms with Crippen molar-refractivity contribution in [3.63, 3.8) is 0 Å². The average Bonchev–Trinajstić information content (AvgIpc) is 3.48. The molecular formula is C25H28N4O8S. The molecular weight excluding hydrogens is 516 g/mol. The molecule has 13 heteroatoms. The summed E-state index contributed by atoms with van der Waals surface area (Å²) in [7, 11) is -4.10. The summed E-state index contributed by atoms with van der Waals surface area (Å²) in [4.78, 5) is 24.2. The van der Waals surface area contributed by atoms with Crippen LogP contribution in [-0.2, 0) is 16.6 Å². The van der Waals surface area contributed by atoms with Gasteiger partial charge in [0, 0.05) is 29.4 Å². The number of nitrogens with one attached hydrogen (secondary N) is 2. The van der Waals surface area contributed by atoms with Crippen LogP contribution in [0.2, 0.25) is 0 Å². The monoisotopic (exact) mass is 544 g/mol. The molecule has 0 saturated carbocycles. The lowest BCUT2D eigenvalue weighted by molar-refractivity contribution is 0.0688. The summed E-state index contributed by atoms with van der Waals surface area (Å²) in [6.07, 6.45) is 0.541. The smallest absolute Gasteiger partial charge is 0.356 e. The highest BCUT2D eigenvalue weighted by molar-refractivity contribution is 7.89. The number of carbonyl (C=O) groups is 2. The number of benzene rings is 2. The van der Waals surface area contributed by atoms with Crippen LogP contribution in [0.4, 0.5) is 5.69 Å². The number of carbonyl (C=O) groups excluding carboxylic acids is 1. The zero-order valence-corrected chi connectivity index (χ0v) is 22.1. The maximum Gasteiger partial charge on any atom is 0.356 e. The zero-order chi connectivity index (χ0) is 27.6. The van der Waals surface area contributed by atoms with Crippen LogP contribution >= 0.6 is 0 Å². The molecule has 4 rings (SSSR count). The summed E-state index contributed by atoms with van der Waals surface area (Å²) >= 11 is 0. The van der Waals surface area contributed by atoms with Crippen LogP contribution in [-0.4, -0.2) is 48.0 Å². The second-order valence-corrected chi connectivity index (χ2v) is 10.3. The normalized spacial score (nSPS) is 13.3. The Hall–Kier alpha value is -4.10. The Morgan fingerprint density at radius 2 is 1.89 bits per heavy atom. The van der Waals surface area contributed by atoms with Crippen molar-refractivity contribution >= 4 is 27.6 Å². The quantitative estimate of drug-likeness (QED) is 0.345. The van der Waals surface area contributed by atoms with E-state index in [0.717, 1.165) is 0 Å². The zero-order valence-electron chi connectivity index (χ0n) is 21.3. The van der Waals surface area contributed by atoms with Gasteiger partial charge in [-0.05, 0) is 63.6 Å². The summed E-state index contributed by atoms with van der Waals surface area (Å²) in [6.45, 7) is 7.20. The van der Waals surface area contributed by atoms with Gasteiger partial charge in [-0.2, -0.15) is 5.10 Å². The molecule has 1 aliphatic heterocycles. The molecule has 12 nitrogen and oxygen atoms in total. The van der Waals surface area contributed by atoms with E-state index < -0.39 is 21.9 Å². The van der Waals surface area contributed by atoms with Gasteiger partial charge in [-0.25, -0.2) is 22.6 Å². The van der Waals surface area contributed by atoms with Gasteiger partial charge < -0.3 is 24.6 Å². The van der Waals surface area contributed by atoms with Gasteiger partial charge in [0.1, 0.15) is 10.6 Å². The number of amides is 1. The number of aromatic nitrogens is 2. The number of hydrogen-bond donors (Lipinski definition) is 3. The summed E-state index contributed by atoms with van der Waals surface area (Å²) in [5.74, 6) is -0.710. The highest BCUT2D eigenvalue weighted by Crippen LogP contribution is 2.35. The topological polar surface area (TPSA) is 158 Å². The lowest BCUT2D eigenvalue weighted by Crippen LogP contribution is -2.32. The summed E-state index contributed by atoms with van der Waals surface area (Å²) < 4.78 is 47.2. The molecule has 202 valence electrons. The first-order valence-electron chi connectivity index (χ1n) is 11.9. The van der Waals surface area contributed by atoms with Crippen molar-refractivity contribution in [2.45, 2.75) is 51.6 Å². The van der Waals surface area contributed by atoms with Gasteiger partial charge in [-0.15, -0.1) is 0 Å². The predicted molar refractivity (Wildman–Crippen MR) is 137 cm³/mol. The molecule has 0 unspecified atom stereocenters. The first kappa shape index (κ1) is 26.9. The summed E-state index contributed by atoms with van der Waals surface area (Å²) in [5, 5.41) is 16.2. The lowest BCUT2D eigenvalue weighted by atomic mass is 10.2. The molecule has 1 atom stereocenters. The molecule has 0 bridgehead atoms. The number of anilines is 1. The van der Waals surface area contributed by atoms with Gasteiger partial charge in [0.25, 0.3) is 5.91 Å². The van der Waals surface area contributed by atoms with Crippen molar-refractivity contribution < 1.29 is 37.3 Å². The van der Waals surface area contributed by atoms with Gasteiger partial charge in [0.2, 0.25) is 22.7 Å². The van der Waals surface area contributed by atoms with Crippen molar-refractivity contribution in [1.29, 1.82) is 0 Å². The number of aryl methyl sites for hydroxylation is 1. The van der Waals surface area contributed by atoms with Crippen molar-refractivity contribution in [3.05, 3.63) is 53.2 Å². The van der Waals surface area contributed by atoms with Crippen LogP contribution in [0.5, 0.6) is 23.1 Å². The number of carboxylic acid groups (broad SMARTS) is 1. The second-order valence-electron chi connectivity index (χ2n) is 8.62. The molecule has 1 amide bonds. The van der Waals surface area contributed by atoms with Gasteiger partial charge in [-0.3, -0.25) is 4.79 Å². The second kappa shape index (κ2) is 10.7. The Kier molecular flexibility index (Phi) is 7.60. The molecule has 0 aliphatic carbocycles. The fraction of sp³-hybridized carbons (Fsp3) is 0.320. The number of carboxylic acids is 1. The first-order chi connectivity index (χ1) is 18.0. The van der Waals surface area contributed by atoms with Crippen molar-refractivity contribution in [3.8, 4) is 23.1 Å². The number of nitrogens with zero attached hydrogens (tertiary/aromatic N) is 2. The Balaban J connectivity index is 1.71. The molecule has 3 aromatic rings. The minimum absolute atomic E-state index is 0.0588. The molecule has 2 heterocycles. The number of rotatable bonds is 10. The van der Waals surface area contributed by atoms with Crippen LogP contribution in [0.15, 0.2) is 41.3 Å². The molecule has 2 aromatic carbocycles. The van der Waals surface area contributed by atoms with E-state index in [2.05, 4.69) is 15.1 Å². The van der Waals surface area contributed by atoms with E-state index >= 15 is 0 Å². The van der Waals surface area contributed by atoms with E-state index in [0.29, 0.717) is 30.0 Å². The molecule has 1 aromatic heterocycles. The Bertz CT molecular complexity index is 1500. The van der Waals surface area contributed by atoms with E-state index in [4.69, 9.17) is 14.2 Å². The third-order valence-corrected chi connectivity index (χ3v) is 7.55. The SMILES string of the molecule is CC[C@@H](C)NS(=O)(=O)c1cc(NC(=O)c2ccc3c(c2)OCO3)ccc1Oc1c(C)c(C(=O)O)nn1CC. The first-order valence-corrected chi connectivity index (χ1v) is 13.4. The molecule has 1 aliphatic rings. The van der Waals surface area contributed by atoms with Crippen LogP contribution in [0.25, 0.3) is 0 Å². The van der Waals surface area contributed by atoms with Crippen LogP contribution in [0.3, 0.4) is 0 Å². The standard InChI is InChI=1S/C25H28N4O8S/c1-5-14(3)28-38(33,34)21-12-17(26-23(30)16-7-9-18-20(11-16)36-13-35-18)8-10-19(21)37-24-15(4)22(25(31)32)27-29(24)6-2/h7-12,14,28H,5-6,13H2,1-4H3,(H,26,30)(H,31,32)/t14-/m1/s1. The highest BCUT2D eigenvalue weighted by Gasteiger charge is 2.26. The van der Waals surface area contributed by atoms with Crippen LogP contribution in [0.1, 0.15) is 53.6 Å². The predicted octanol–water partition coefficient (Wildman–Crippen LogP) is 3.76. The maximum absolute atomic E-state index is 13.4. The van der Waals surface area contributed by atoms with E-state index in [9.17, 15) is 23.1 Å². The largest absolute Gasteiger partial charge is 0.476 e. The number of fused-ring (bicyclic) bond motifs is 1. The van der Waals surface area contributed by atoms with E-state index in [1.54, 1.807) is 26.0 Å². The molecule has 3 N–H and O–H groups in total. The van der Waals surface area contributed by atoms with Gasteiger partial charge in [0.15, 0.2) is 17.2 Å². The third kappa shape index (κ3) is 5.43. The Labute approximate surface area is 219 Å². The number of aromatic carboxylic acids is 1. The molecule has 0 radical (unpaired) electrons. The summed E-state index contributed by atoms with van der Waals surface area (Å²) in [6, 6.07) is 8.51. The van der Waals surface area contributed by atoms with Crippen molar-refractivity contribution in [2.75, 3.05) is 12.1 Å². The van der Waals surface area contributed by atoms with Gasteiger partial charge in [-0.1, -0.05) is 6.92 Å². The Morgan fingerprint density at radius 1 is 1.16 bits per heavy atom. The lowest BCUT2D eigenvalue weighted by Gasteiger charge is -2.17. The minimum Gasteiger partial charge on any atom is -0.476 e. The molecule has 0 spiro atoms. The maximum atomic E-state index is 13.4. The number of sulfonamides is 1. The summed E-state index contributed by atoms with van der Waals surface area (Å²) in [5.41, 5.74) is 0.547. The fourth-order valence-electron chi connectivity index (χ4n) is 3.72. The minimum atomic E-state index is -4.10. The number of hydrogen-bond acceptors (Lipinski definition) is 8. The van der Waals surface area contributed by atoms with E-state index in [-0.39, 0.29) is 46.3 Å². The fourth-order valence-corrected chi connectivity index (χ4v) is 5.20. The van der Waals surface area contributed by atoms with Gasteiger partial charge in [0.05, 0.1) is 0 Å². The van der Waals surface area contributed by atoms with E-state index in [1.807, 2.05) is 6.92 Å². The Morgan fingerprint density at radius 3 is 2.58 bits per heavy atom. The van der Waals surface area contributed by atoms with Crippen molar-refractivity contribution in [2.24, 2.45) is 0 Å². The van der Waals surface area contributed by atoms with Gasteiger partial charge >= 0.3 is 5.97 Å². The van der Waals surface area contributed by atoms with E-state index in [1.165, 1.54) is 35.9 Å². The average molecular weight is 545 g/mol. The number of ether oxygens (including phenoxy) is 3. The third-order valence-electron chi connectivity index (χ3n) is 5.93. The van der Waals surface area contributed by atoms with Crippen LogP contribution < -0.4 is 24.2 Å². The molecule has 0 saturated heterocycles. The highest BCUT2D eigenvalue weighted by atomic mass is 32.2. The molecule has 38 heavy (non-hydrogen) atoms. The van der Waals surface area contributed by atoms with Crippen LogP contribution in [0, 0.1) is 6.92 Å². The molecule has 0 fully saturated rings.